The second kappa shape index (κ2) is 7.90. The van der Waals surface area contributed by atoms with E-state index in [1.165, 1.54) is 12.8 Å². The second-order valence-corrected chi connectivity index (χ2v) is 4.95. The van der Waals surface area contributed by atoms with Gasteiger partial charge in [-0.2, -0.15) is 0 Å². The molecular formula is C14H23NO3. The van der Waals surface area contributed by atoms with Gasteiger partial charge < -0.3 is 10.4 Å². The summed E-state index contributed by atoms with van der Waals surface area (Å²) in [6.45, 7) is 3.57. The third kappa shape index (κ3) is 4.90. The van der Waals surface area contributed by atoms with Gasteiger partial charge in [-0.05, 0) is 25.7 Å². The molecule has 1 aliphatic rings. The highest BCUT2D eigenvalue weighted by atomic mass is 16.4. The molecule has 0 aromatic rings. The summed E-state index contributed by atoms with van der Waals surface area (Å²) < 4.78 is 0. The number of carbonyl (C=O) groups excluding carboxylic acids is 1. The van der Waals surface area contributed by atoms with Crippen molar-refractivity contribution in [2.45, 2.75) is 57.4 Å². The average molecular weight is 253 g/mol. The summed E-state index contributed by atoms with van der Waals surface area (Å²) in [7, 11) is 0. The lowest BCUT2D eigenvalue weighted by Gasteiger charge is -2.18. The van der Waals surface area contributed by atoms with Gasteiger partial charge in [0.05, 0.1) is 0 Å². The number of carbonyl (C=O) groups is 2. The fourth-order valence-corrected chi connectivity index (χ4v) is 2.37. The maximum atomic E-state index is 12.0. The zero-order chi connectivity index (χ0) is 13.4. The van der Waals surface area contributed by atoms with Gasteiger partial charge in [-0.25, -0.2) is 4.79 Å². The molecule has 0 radical (unpaired) electrons. The predicted molar refractivity (Wildman–Crippen MR) is 70.2 cm³/mol. The first-order valence-corrected chi connectivity index (χ1v) is 6.79. The molecule has 0 aromatic carbocycles. The van der Waals surface area contributed by atoms with Crippen LogP contribution >= 0.6 is 0 Å². The Morgan fingerprint density at radius 3 is 2.39 bits per heavy atom. The van der Waals surface area contributed by atoms with Gasteiger partial charge in [0.1, 0.15) is 6.04 Å². The van der Waals surface area contributed by atoms with Gasteiger partial charge in [-0.3, -0.25) is 4.79 Å². The predicted octanol–water partition coefficient (Wildman–Crippen LogP) is 2.49. The van der Waals surface area contributed by atoms with E-state index in [4.69, 9.17) is 5.11 Å². The monoisotopic (exact) mass is 253 g/mol. The van der Waals surface area contributed by atoms with Gasteiger partial charge in [0.15, 0.2) is 0 Å². The minimum atomic E-state index is -0.959. The van der Waals surface area contributed by atoms with Crippen molar-refractivity contribution >= 4 is 11.9 Å². The van der Waals surface area contributed by atoms with Gasteiger partial charge in [0, 0.05) is 5.92 Å². The summed E-state index contributed by atoms with van der Waals surface area (Å²) >= 11 is 0. The Hall–Kier alpha value is -1.32. The van der Waals surface area contributed by atoms with Gasteiger partial charge in [0.25, 0.3) is 0 Å². The normalized spacial score (nSPS) is 18.7. The molecule has 102 valence electrons. The summed E-state index contributed by atoms with van der Waals surface area (Å²) in [5, 5.41) is 11.7. The van der Waals surface area contributed by atoms with E-state index in [0.717, 1.165) is 25.7 Å². The molecule has 4 heteroatoms. The Kier molecular flexibility index (Phi) is 6.47. The van der Waals surface area contributed by atoms with Crippen LogP contribution in [0.3, 0.4) is 0 Å². The molecule has 1 unspecified atom stereocenters. The number of hydrogen-bond donors (Lipinski definition) is 2. The largest absolute Gasteiger partial charge is 0.480 e. The molecule has 1 saturated carbocycles. The number of carboxylic acids is 1. The number of aliphatic carboxylic acids is 1. The van der Waals surface area contributed by atoms with Gasteiger partial charge in [-0.15, -0.1) is 6.58 Å². The van der Waals surface area contributed by atoms with Crippen LogP contribution in [0.1, 0.15) is 51.4 Å². The topological polar surface area (TPSA) is 66.4 Å². The van der Waals surface area contributed by atoms with E-state index in [1.807, 2.05) is 0 Å². The van der Waals surface area contributed by atoms with Gasteiger partial charge >= 0.3 is 5.97 Å². The van der Waals surface area contributed by atoms with E-state index in [-0.39, 0.29) is 11.8 Å². The van der Waals surface area contributed by atoms with E-state index in [0.29, 0.717) is 12.8 Å². The Balaban J connectivity index is 2.48. The molecule has 0 aromatic heterocycles. The van der Waals surface area contributed by atoms with Crippen molar-refractivity contribution in [3.05, 3.63) is 12.7 Å². The first kappa shape index (κ1) is 14.7. The molecule has 0 aliphatic heterocycles. The zero-order valence-corrected chi connectivity index (χ0v) is 10.9. The highest BCUT2D eigenvalue weighted by Gasteiger charge is 2.25. The van der Waals surface area contributed by atoms with Crippen LogP contribution in [0, 0.1) is 5.92 Å². The highest BCUT2D eigenvalue weighted by Crippen LogP contribution is 2.23. The maximum absolute atomic E-state index is 12.0. The molecule has 0 bridgehead atoms. The van der Waals surface area contributed by atoms with Crippen LogP contribution in [0.15, 0.2) is 12.7 Å². The second-order valence-electron chi connectivity index (χ2n) is 4.95. The number of allylic oxidation sites excluding steroid dienone is 1. The molecule has 0 spiro atoms. The molecule has 0 heterocycles. The quantitative estimate of drug-likeness (QED) is 0.564. The molecule has 1 aliphatic carbocycles. The third-order valence-electron chi connectivity index (χ3n) is 3.50. The molecule has 1 rings (SSSR count). The number of hydrogen-bond acceptors (Lipinski definition) is 2. The first-order chi connectivity index (χ1) is 8.65. The Bertz CT molecular complexity index is 293. The summed E-state index contributed by atoms with van der Waals surface area (Å²) in [4.78, 5) is 23.1. The van der Waals surface area contributed by atoms with E-state index in [2.05, 4.69) is 11.9 Å². The van der Waals surface area contributed by atoms with E-state index in [9.17, 15) is 9.59 Å². The molecule has 2 N–H and O–H groups in total. The van der Waals surface area contributed by atoms with Crippen LogP contribution in [0.5, 0.6) is 0 Å². The fraction of sp³-hybridized carbons (Fsp3) is 0.714. The number of rotatable bonds is 6. The standard InChI is InChI=1S/C14H23NO3/c1-2-3-10-12(14(17)18)15-13(16)11-8-6-4-5-7-9-11/h2,11-12H,1,3-10H2,(H,15,16)(H,17,18). The van der Waals surface area contributed by atoms with Crippen LogP contribution in [-0.2, 0) is 9.59 Å². The van der Waals surface area contributed by atoms with Crippen molar-refractivity contribution in [3.63, 3.8) is 0 Å². The number of nitrogens with one attached hydrogen (secondary N) is 1. The molecule has 4 nitrogen and oxygen atoms in total. The Labute approximate surface area is 108 Å². The van der Waals surface area contributed by atoms with E-state index >= 15 is 0 Å². The lowest BCUT2D eigenvalue weighted by atomic mass is 9.98. The Morgan fingerprint density at radius 1 is 1.28 bits per heavy atom. The van der Waals surface area contributed by atoms with Crippen LogP contribution in [0.25, 0.3) is 0 Å². The lowest BCUT2D eigenvalue weighted by molar-refractivity contribution is -0.142. The van der Waals surface area contributed by atoms with Crippen molar-refractivity contribution in [1.29, 1.82) is 0 Å². The van der Waals surface area contributed by atoms with Crippen LogP contribution in [-0.4, -0.2) is 23.0 Å². The molecular weight excluding hydrogens is 230 g/mol. The molecule has 0 saturated heterocycles. The zero-order valence-electron chi connectivity index (χ0n) is 10.9. The highest BCUT2D eigenvalue weighted by molar-refractivity contribution is 5.84. The van der Waals surface area contributed by atoms with E-state index in [1.54, 1.807) is 6.08 Å². The van der Waals surface area contributed by atoms with Crippen LogP contribution < -0.4 is 5.32 Å². The van der Waals surface area contributed by atoms with Crippen LogP contribution in [0.2, 0.25) is 0 Å². The summed E-state index contributed by atoms with van der Waals surface area (Å²) in [5.41, 5.74) is 0. The summed E-state index contributed by atoms with van der Waals surface area (Å²) in [6.07, 6.45) is 8.97. The average Bonchev–Trinajstić information content (AvgIpc) is 2.62. The van der Waals surface area contributed by atoms with Crippen molar-refractivity contribution in [2.75, 3.05) is 0 Å². The molecule has 1 atom stereocenters. The van der Waals surface area contributed by atoms with Gasteiger partial charge in [-0.1, -0.05) is 31.8 Å². The van der Waals surface area contributed by atoms with Crippen molar-refractivity contribution in [3.8, 4) is 0 Å². The number of carboxylic acid groups (broad SMARTS) is 1. The van der Waals surface area contributed by atoms with Crippen molar-refractivity contribution < 1.29 is 14.7 Å². The third-order valence-corrected chi connectivity index (χ3v) is 3.50. The van der Waals surface area contributed by atoms with Crippen molar-refractivity contribution in [1.82, 2.24) is 5.32 Å². The minimum Gasteiger partial charge on any atom is -0.480 e. The lowest BCUT2D eigenvalue weighted by Crippen LogP contribution is -2.43. The summed E-state index contributed by atoms with van der Waals surface area (Å²) in [6, 6.07) is -0.779. The summed E-state index contributed by atoms with van der Waals surface area (Å²) in [5.74, 6) is -1.05. The fourth-order valence-electron chi connectivity index (χ4n) is 2.37. The van der Waals surface area contributed by atoms with E-state index < -0.39 is 12.0 Å². The van der Waals surface area contributed by atoms with Crippen molar-refractivity contribution in [2.24, 2.45) is 5.92 Å². The van der Waals surface area contributed by atoms with Crippen LogP contribution in [0.4, 0.5) is 0 Å². The first-order valence-electron chi connectivity index (χ1n) is 6.79. The molecule has 1 fully saturated rings. The molecule has 1 amide bonds. The van der Waals surface area contributed by atoms with Gasteiger partial charge in [0.2, 0.25) is 5.91 Å². The maximum Gasteiger partial charge on any atom is 0.326 e. The smallest absolute Gasteiger partial charge is 0.326 e. The molecule has 18 heavy (non-hydrogen) atoms. The SMILES string of the molecule is C=CCCC(NC(=O)C1CCCCCC1)C(=O)O. The number of amides is 1. The Morgan fingerprint density at radius 2 is 1.89 bits per heavy atom. The minimum absolute atomic E-state index is 0.00178.